The molecule has 0 saturated carbocycles. The molecule has 322 valence electrons. The third-order valence-electron chi connectivity index (χ3n) is 13.6. The van der Waals surface area contributed by atoms with Gasteiger partial charge >= 0.3 is 0 Å². The van der Waals surface area contributed by atoms with Crippen molar-refractivity contribution in [1.29, 1.82) is 0 Å². The van der Waals surface area contributed by atoms with Crippen LogP contribution < -0.4 is 0 Å². The van der Waals surface area contributed by atoms with E-state index in [2.05, 4.69) is 121 Å². The fourth-order valence-corrected chi connectivity index (χ4v) is 10.4. The second kappa shape index (κ2) is 14.9. The molecule has 9 aromatic heterocycles. The first-order valence-electron chi connectivity index (χ1n) is 23.1. The molecule has 0 amide bonds. The van der Waals surface area contributed by atoms with Gasteiger partial charge in [0.15, 0.2) is 0 Å². The fourth-order valence-electron chi connectivity index (χ4n) is 10.4. The van der Waals surface area contributed by atoms with Crippen LogP contribution in [0.2, 0.25) is 0 Å². The lowest BCUT2D eigenvalue weighted by atomic mass is 10.00. The summed E-state index contributed by atoms with van der Waals surface area (Å²) in [5.41, 5.74) is 16.0. The first-order chi connectivity index (χ1) is 34.7. The smallest absolute Gasteiger partial charge is 0.0996 e. The van der Waals surface area contributed by atoms with Crippen molar-refractivity contribution in [2.24, 2.45) is 0 Å². The molecule has 15 rings (SSSR count). The van der Waals surface area contributed by atoms with E-state index in [0.29, 0.717) is 44.1 Å². The lowest BCUT2D eigenvalue weighted by Crippen LogP contribution is -1.99. The predicted molar refractivity (Wildman–Crippen MR) is 281 cm³/mol. The monoisotopic (exact) mass is 892 g/mol. The first kappa shape index (κ1) is 38.3. The highest BCUT2D eigenvalue weighted by atomic mass is 14.9. The van der Waals surface area contributed by atoms with E-state index in [1.807, 2.05) is 73.3 Å². The van der Waals surface area contributed by atoms with Crippen LogP contribution in [0.1, 0.15) is 0 Å². The van der Waals surface area contributed by atoms with Crippen molar-refractivity contribution in [3.8, 4) is 45.0 Å². The molecule has 0 bridgehead atoms. The average molecular weight is 893 g/mol. The Morgan fingerprint density at radius 2 is 0.414 bits per heavy atom. The molecule has 0 aliphatic rings. The molecule has 6 aromatic carbocycles. The molecule has 0 spiro atoms. The molecule has 10 nitrogen and oxygen atoms in total. The molecule has 0 saturated heterocycles. The Morgan fingerprint density at radius 3 is 0.671 bits per heavy atom. The summed E-state index contributed by atoms with van der Waals surface area (Å²) in [6.45, 7) is 0. The molecular formula is C60H32N10. The maximum absolute atomic E-state index is 5.64. The van der Waals surface area contributed by atoms with Crippen LogP contribution in [0.4, 0.5) is 0 Å². The van der Waals surface area contributed by atoms with E-state index in [4.69, 9.17) is 49.8 Å². The van der Waals surface area contributed by atoms with E-state index in [1.54, 1.807) is 0 Å². The Balaban J connectivity index is 1.06. The number of benzene rings is 6. The van der Waals surface area contributed by atoms with E-state index < -0.39 is 0 Å². The van der Waals surface area contributed by atoms with Crippen LogP contribution in [0.15, 0.2) is 195 Å². The van der Waals surface area contributed by atoms with Crippen molar-refractivity contribution in [1.82, 2.24) is 49.8 Å². The summed E-state index contributed by atoms with van der Waals surface area (Å²) >= 11 is 0. The van der Waals surface area contributed by atoms with E-state index in [-0.39, 0.29) is 0 Å². The third-order valence-corrected chi connectivity index (χ3v) is 13.6. The van der Waals surface area contributed by atoms with Crippen molar-refractivity contribution >= 4 is 109 Å². The minimum atomic E-state index is 0.709. The standard InChI is InChI=1S/C60H32N10/c1-9-33-13-5-29-61-49(33)37(17-1)45-25-21-41-53(65-45)54-42(22-26-46(66-54)38-18-2-10-34-14-6-30-62-50(34)38)58-57(41)69-59-43-23-27-47(39-19-3-11-35-15-7-31-63-51(35)39)67-55(43)56-44(60(59)70-58)24-28-48(68-56)40-20-4-12-36-16-8-32-64-52(36)40/h1-32H. The zero-order valence-corrected chi connectivity index (χ0v) is 36.9. The zero-order chi connectivity index (χ0) is 45.9. The molecule has 0 unspecified atom stereocenters. The molecule has 0 aliphatic heterocycles. The highest BCUT2D eigenvalue weighted by Gasteiger charge is 2.22. The highest BCUT2D eigenvalue weighted by molar-refractivity contribution is 6.27. The molecule has 0 radical (unpaired) electrons. The third kappa shape index (κ3) is 5.74. The Labute approximate surface area is 397 Å². The molecule has 10 heteroatoms. The number of pyridine rings is 8. The van der Waals surface area contributed by atoms with Crippen molar-refractivity contribution in [3.63, 3.8) is 0 Å². The van der Waals surface area contributed by atoms with Crippen molar-refractivity contribution in [2.75, 3.05) is 0 Å². The molecule has 0 fully saturated rings. The summed E-state index contributed by atoms with van der Waals surface area (Å²) < 4.78 is 0. The average Bonchev–Trinajstić information content (AvgIpc) is 3.43. The van der Waals surface area contributed by atoms with Crippen LogP contribution in [0.25, 0.3) is 154 Å². The Hall–Kier alpha value is -9.80. The molecule has 15 aromatic rings. The summed E-state index contributed by atoms with van der Waals surface area (Å²) in [5, 5.41) is 7.45. The van der Waals surface area contributed by atoms with E-state index in [1.165, 1.54) is 0 Å². The van der Waals surface area contributed by atoms with Gasteiger partial charge in [-0.3, -0.25) is 19.9 Å². The minimum absolute atomic E-state index is 0.709. The van der Waals surface area contributed by atoms with Gasteiger partial charge in [-0.15, -0.1) is 0 Å². The summed E-state index contributed by atoms with van der Waals surface area (Å²) in [7, 11) is 0. The quantitative estimate of drug-likeness (QED) is 0.124. The largest absolute Gasteiger partial charge is 0.256 e. The predicted octanol–water partition coefficient (Wildman–Crippen LogP) is 13.8. The van der Waals surface area contributed by atoms with Gasteiger partial charge in [0, 0.05) is 90.1 Å². The highest BCUT2D eigenvalue weighted by Crippen LogP contribution is 2.41. The normalized spacial score (nSPS) is 12.0. The number of aromatic nitrogens is 10. The van der Waals surface area contributed by atoms with Crippen LogP contribution in [0.3, 0.4) is 0 Å². The van der Waals surface area contributed by atoms with Gasteiger partial charge in [0.25, 0.3) is 0 Å². The summed E-state index contributed by atoms with van der Waals surface area (Å²) in [5.74, 6) is 0. The van der Waals surface area contributed by atoms with Crippen LogP contribution in [-0.2, 0) is 0 Å². The molecule has 70 heavy (non-hydrogen) atoms. The first-order valence-corrected chi connectivity index (χ1v) is 23.1. The van der Waals surface area contributed by atoms with Crippen molar-refractivity contribution in [2.45, 2.75) is 0 Å². The molecule has 9 heterocycles. The van der Waals surface area contributed by atoms with Gasteiger partial charge in [-0.2, -0.15) is 0 Å². The van der Waals surface area contributed by atoms with Gasteiger partial charge in [0.05, 0.1) is 89.0 Å². The van der Waals surface area contributed by atoms with Gasteiger partial charge in [-0.1, -0.05) is 97.1 Å². The maximum Gasteiger partial charge on any atom is 0.0996 e. The summed E-state index contributed by atoms with van der Waals surface area (Å²) in [4.78, 5) is 52.4. The minimum Gasteiger partial charge on any atom is -0.256 e. The Morgan fingerprint density at radius 1 is 0.186 bits per heavy atom. The molecule has 0 N–H and O–H groups in total. The SMILES string of the molecule is c1cnc2c(-c3ccc4c(n3)c3nc(-c5cccc6cccnc56)ccc3c3nc5c6ccc(-c7cccc8cccnc78)nc6c6nc(-c7cccc8cccnc78)ccc6c5nc43)cccc2c1. The van der Waals surface area contributed by atoms with Crippen molar-refractivity contribution in [3.05, 3.63) is 195 Å². The molecule has 0 atom stereocenters. The van der Waals surface area contributed by atoms with Crippen LogP contribution >= 0.6 is 0 Å². The zero-order valence-electron chi connectivity index (χ0n) is 36.9. The topological polar surface area (TPSA) is 129 Å². The van der Waals surface area contributed by atoms with Gasteiger partial charge in [0.2, 0.25) is 0 Å². The van der Waals surface area contributed by atoms with Crippen molar-refractivity contribution < 1.29 is 0 Å². The number of nitrogens with zero attached hydrogens (tertiary/aromatic N) is 10. The molecular weight excluding hydrogens is 861 g/mol. The number of rotatable bonds is 4. The Bertz CT molecular complexity index is 4130. The summed E-state index contributed by atoms with van der Waals surface area (Å²) in [6, 6.07) is 57.5. The van der Waals surface area contributed by atoms with E-state index in [0.717, 1.165) is 110 Å². The maximum atomic E-state index is 5.64. The summed E-state index contributed by atoms with van der Waals surface area (Å²) in [6.07, 6.45) is 7.30. The number of para-hydroxylation sites is 4. The fraction of sp³-hybridized carbons (Fsp3) is 0. The van der Waals surface area contributed by atoms with Crippen LogP contribution in [0.5, 0.6) is 0 Å². The van der Waals surface area contributed by atoms with Crippen LogP contribution in [0, 0.1) is 0 Å². The van der Waals surface area contributed by atoms with Gasteiger partial charge in [-0.25, -0.2) is 29.9 Å². The number of fused-ring (bicyclic) bond motifs is 16. The lowest BCUT2D eigenvalue weighted by molar-refractivity contribution is 1.34. The van der Waals surface area contributed by atoms with E-state index >= 15 is 0 Å². The Kier molecular flexibility index (Phi) is 8.13. The lowest BCUT2D eigenvalue weighted by Gasteiger charge is -2.15. The number of hydrogen-bond acceptors (Lipinski definition) is 10. The van der Waals surface area contributed by atoms with Gasteiger partial charge in [-0.05, 0) is 72.8 Å². The van der Waals surface area contributed by atoms with Gasteiger partial charge < -0.3 is 0 Å². The second-order valence-corrected chi connectivity index (χ2v) is 17.5. The second-order valence-electron chi connectivity index (χ2n) is 17.5. The van der Waals surface area contributed by atoms with Gasteiger partial charge in [0.1, 0.15) is 0 Å². The molecule has 0 aliphatic carbocycles. The van der Waals surface area contributed by atoms with Crippen LogP contribution in [-0.4, -0.2) is 49.8 Å². The van der Waals surface area contributed by atoms with E-state index in [9.17, 15) is 0 Å². The number of hydrogen-bond donors (Lipinski definition) is 0.